The molecule has 132 valence electrons. The summed E-state index contributed by atoms with van der Waals surface area (Å²) in [6.45, 7) is 0.892. The van der Waals surface area contributed by atoms with Gasteiger partial charge in [0.05, 0.1) is 6.04 Å². The van der Waals surface area contributed by atoms with E-state index in [4.69, 9.17) is 5.73 Å². The van der Waals surface area contributed by atoms with Gasteiger partial charge in [-0.15, -0.1) is 10.2 Å². The van der Waals surface area contributed by atoms with Gasteiger partial charge in [-0.1, -0.05) is 29.5 Å². The van der Waals surface area contributed by atoms with Crippen LogP contribution < -0.4 is 11.1 Å². The lowest BCUT2D eigenvalue weighted by atomic mass is 10.1. The summed E-state index contributed by atoms with van der Waals surface area (Å²) >= 11 is 1.39. The molecule has 2 aromatic heterocycles. The number of likely N-dealkylation sites (N-methyl/N-ethyl adjacent to an activating group) is 1. The third kappa shape index (κ3) is 4.41. The molecule has 0 aliphatic rings. The van der Waals surface area contributed by atoms with Crippen molar-refractivity contribution in [2.24, 2.45) is 5.73 Å². The normalized spacial score (nSPS) is 12.6. The van der Waals surface area contributed by atoms with E-state index >= 15 is 0 Å². The Hall–Kier alpha value is -2.29. The van der Waals surface area contributed by atoms with E-state index in [1.807, 2.05) is 44.6 Å². The first kappa shape index (κ1) is 17.5. The summed E-state index contributed by atoms with van der Waals surface area (Å²) in [4.78, 5) is 17.6. The number of benzene rings is 1. The second-order valence-corrected chi connectivity index (χ2v) is 7.28. The van der Waals surface area contributed by atoms with Crippen LogP contribution in [0.15, 0.2) is 30.5 Å². The third-order valence-corrected chi connectivity index (χ3v) is 4.82. The van der Waals surface area contributed by atoms with Crippen molar-refractivity contribution >= 4 is 33.3 Å². The van der Waals surface area contributed by atoms with Crippen molar-refractivity contribution in [3.63, 3.8) is 0 Å². The number of anilines is 1. The lowest BCUT2D eigenvalue weighted by Crippen LogP contribution is -2.37. The first-order valence-electron chi connectivity index (χ1n) is 8.11. The molecule has 25 heavy (non-hydrogen) atoms. The molecule has 1 aromatic carbocycles. The molecule has 0 spiro atoms. The van der Waals surface area contributed by atoms with Gasteiger partial charge >= 0.3 is 0 Å². The average molecular weight is 358 g/mol. The Bertz CT molecular complexity index is 856. The maximum atomic E-state index is 12.3. The van der Waals surface area contributed by atoms with Crippen LogP contribution >= 0.6 is 11.3 Å². The van der Waals surface area contributed by atoms with Crippen LogP contribution in [0.3, 0.4) is 0 Å². The number of H-pyrrole nitrogens is 1. The molecule has 8 heteroatoms. The van der Waals surface area contributed by atoms with Crippen LogP contribution in [0.1, 0.15) is 10.6 Å². The van der Waals surface area contributed by atoms with Crippen molar-refractivity contribution in [1.29, 1.82) is 0 Å². The van der Waals surface area contributed by atoms with E-state index in [1.54, 1.807) is 0 Å². The fraction of sp³-hybridized carbons (Fsp3) is 0.353. The predicted molar refractivity (Wildman–Crippen MR) is 101 cm³/mol. The van der Waals surface area contributed by atoms with Gasteiger partial charge < -0.3 is 15.6 Å². The number of fused-ring (bicyclic) bond motifs is 1. The minimum absolute atomic E-state index is 0.249. The van der Waals surface area contributed by atoms with Gasteiger partial charge in [-0.2, -0.15) is 0 Å². The number of carbonyl (C=O) groups excluding carboxylic acids is 1. The van der Waals surface area contributed by atoms with E-state index in [1.165, 1.54) is 11.3 Å². The second-order valence-electron chi connectivity index (χ2n) is 6.21. The van der Waals surface area contributed by atoms with E-state index in [0.29, 0.717) is 11.6 Å². The summed E-state index contributed by atoms with van der Waals surface area (Å²) in [5.74, 6) is -0.249. The summed E-state index contributed by atoms with van der Waals surface area (Å²) in [5, 5.41) is 13.4. The zero-order chi connectivity index (χ0) is 17.8. The summed E-state index contributed by atoms with van der Waals surface area (Å²) in [5.41, 5.74) is 8.15. The van der Waals surface area contributed by atoms with E-state index in [9.17, 15) is 4.79 Å². The second kappa shape index (κ2) is 7.73. The van der Waals surface area contributed by atoms with Crippen molar-refractivity contribution in [2.75, 3.05) is 26.0 Å². The molecule has 1 atom stereocenters. The Labute approximate surface area is 150 Å². The quantitative estimate of drug-likeness (QED) is 0.596. The van der Waals surface area contributed by atoms with Crippen LogP contribution in [0.5, 0.6) is 0 Å². The maximum absolute atomic E-state index is 12.3. The molecule has 7 nitrogen and oxygen atoms in total. The number of para-hydroxylation sites is 1. The third-order valence-electron chi connectivity index (χ3n) is 3.92. The summed E-state index contributed by atoms with van der Waals surface area (Å²) in [6, 6.07) is 7.32. The van der Waals surface area contributed by atoms with Crippen LogP contribution in [-0.4, -0.2) is 52.7 Å². The number of carbonyl (C=O) groups is 1. The minimum Gasteiger partial charge on any atom is -0.361 e. The fourth-order valence-corrected chi connectivity index (χ4v) is 3.28. The van der Waals surface area contributed by atoms with Crippen molar-refractivity contribution in [1.82, 2.24) is 20.1 Å². The molecule has 0 fully saturated rings. The van der Waals surface area contributed by atoms with Crippen molar-refractivity contribution in [3.05, 3.63) is 41.0 Å². The molecule has 0 radical (unpaired) electrons. The predicted octanol–water partition coefficient (Wildman–Crippen LogP) is 1.63. The number of aromatic amines is 1. The number of nitrogens with zero attached hydrogens (tertiary/aromatic N) is 3. The maximum Gasteiger partial charge on any atom is 0.243 e. The molecule has 1 amide bonds. The molecule has 3 rings (SSSR count). The van der Waals surface area contributed by atoms with Gasteiger partial charge in [-0.3, -0.25) is 10.1 Å². The Morgan fingerprint density at radius 1 is 1.36 bits per heavy atom. The van der Waals surface area contributed by atoms with Gasteiger partial charge in [-0.05, 0) is 32.1 Å². The lowest BCUT2D eigenvalue weighted by Gasteiger charge is -2.10. The first-order chi connectivity index (χ1) is 12.0. The van der Waals surface area contributed by atoms with E-state index in [-0.39, 0.29) is 5.91 Å². The van der Waals surface area contributed by atoms with Gasteiger partial charge in [0.15, 0.2) is 0 Å². The molecule has 0 saturated heterocycles. The van der Waals surface area contributed by atoms with Crippen molar-refractivity contribution < 1.29 is 4.79 Å². The van der Waals surface area contributed by atoms with Gasteiger partial charge in [0, 0.05) is 30.1 Å². The Morgan fingerprint density at radius 3 is 2.96 bits per heavy atom. The molecule has 3 aromatic rings. The Balaban J connectivity index is 1.59. The van der Waals surface area contributed by atoms with Crippen LogP contribution in [-0.2, 0) is 17.6 Å². The Morgan fingerprint density at radius 2 is 2.16 bits per heavy atom. The van der Waals surface area contributed by atoms with Crippen molar-refractivity contribution in [3.8, 4) is 0 Å². The van der Waals surface area contributed by atoms with E-state index < -0.39 is 6.04 Å². The lowest BCUT2D eigenvalue weighted by molar-refractivity contribution is -0.117. The zero-order valence-corrected chi connectivity index (χ0v) is 15.1. The van der Waals surface area contributed by atoms with Gasteiger partial charge in [0.1, 0.15) is 5.01 Å². The fourth-order valence-electron chi connectivity index (χ4n) is 2.55. The molecule has 0 aliphatic carbocycles. The average Bonchev–Trinajstić information content (AvgIpc) is 3.20. The van der Waals surface area contributed by atoms with Crippen LogP contribution in [0.2, 0.25) is 0 Å². The van der Waals surface area contributed by atoms with E-state index in [0.717, 1.165) is 34.4 Å². The van der Waals surface area contributed by atoms with Crippen LogP contribution in [0.4, 0.5) is 5.13 Å². The van der Waals surface area contributed by atoms with Crippen molar-refractivity contribution in [2.45, 2.75) is 18.9 Å². The van der Waals surface area contributed by atoms with Crippen LogP contribution in [0.25, 0.3) is 10.9 Å². The van der Waals surface area contributed by atoms with Crippen LogP contribution in [0, 0.1) is 0 Å². The summed E-state index contributed by atoms with van der Waals surface area (Å²) < 4.78 is 0. The molecule has 2 heterocycles. The topological polar surface area (TPSA) is 99.9 Å². The molecule has 0 unspecified atom stereocenters. The number of hydrogen-bond acceptors (Lipinski definition) is 6. The molecule has 0 aliphatic heterocycles. The number of rotatable bonds is 7. The molecular weight excluding hydrogens is 336 g/mol. The van der Waals surface area contributed by atoms with Gasteiger partial charge in [-0.25, -0.2) is 0 Å². The van der Waals surface area contributed by atoms with Gasteiger partial charge in [0.2, 0.25) is 11.0 Å². The summed E-state index contributed by atoms with van der Waals surface area (Å²) in [7, 11) is 4.01. The zero-order valence-electron chi connectivity index (χ0n) is 14.3. The molecule has 0 bridgehead atoms. The Kier molecular flexibility index (Phi) is 5.42. The highest BCUT2D eigenvalue weighted by Gasteiger charge is 2.18. The number of amides is 1. The first-order valence-corrected chi connectivity index (χ1v) is 8.93. The number of nitrogens with two attached hydrogens (primary N) is 1. The van der Waals surface area contributed by atoms with Gasteiger partial charge in [0.25, 0.3) is 0 Å². The number of aromatic nitrogens is 3. The standard InChI is InChI=1S/C17H22N6OS/c1-23(2)8-7-15-21-22-17(25-15)20-16(24)13(18)9-11-10-19-14-6-4-3-5-12(11)14/h3-6,10,13,19H,7-9,18H2,1-2H3,(H,20,22,24)/t13-/m0/s1. The monoisotopic (exact) mass is 358 g/mol. The largest absolute Gasteiger partial charge is 0.361 e. The highest BCUT2D eigenvalue weighted by Crippen LogP contribution is 2.20. The highest BCUT2D eigenvalue weighted by atomic mass is 32.1. The minimum atomic E-state index is -0.645. The molecular formula is C17H22N6OS. The summed E-state index contributed by atoms with van der Waals surface area (Å²) in [6.07, 6.45) is 3.17. The number of nitrogens with one attached hydrogen (secondary N) is 2. The number of hydrogen-bond donors (Lipinski definition) is 3. The van der Waals surface area contributed by atoms with E-state index in [2.05, 4.69) is 25.4 Å². The highest BCUT2D eigenvalue weighted by molar-refractivity contribution is 7.15. The molecule has 0 saturated carbocycles. The SMILES string of the molecule is CN(C)CCc1nnc(NC(=O)[C@@H](N)Cc2c[nH]c3ccccc23)s1. The molecule has 4 N–H and O–H groups in total. The smallest absolute Gasteiger partial charge is 0.243 e.